The van der Waals surface area contributed by atoms with E-state index in [1.807, 2.05) is 19.9 Å². The van der Waals surface area contributed by atoms with Crippen LogP contribution in [0.2, 0.25) is 0 Å². The highest BCUT2D eigenvalue weighted by Crippen LogP contribution is 2.42. The maximum absolute atomic E-state index is 12.3. The van der Waals surface area contributed by atoms with Crippen molar-refractivity contribution in [2.75, 3.05) is 85.3 Å². The quantitative estimate of drug-likeness (QED) is 0.0160. The molecule has 4 aromatic heterocycles. The number of aromatic amines is 4. The molecule has 9 rings (SSSR count). The van der Waals surface area contributed by atoms with Gasteiger partial charge in [0.05, 0.1) is 26.4 Å². The Bertz CT molecular complexity index is 4220. The minimum Gasteiger partial charge on any atom is -0.493 e. The van der Waals surface area contributed by atoms with Crippen LogP contribution in [0, 0.1) is 0 Å². The fourth-order valence-corrected chi connectivity index (χ4v) is 12.8. The number of carbonyl (C=O) groups is 2. The van der Waals surface area contributed by atoms with E-state index in [-0.39, 0.29) is 23.8 Å². The van der Waals surface area contributed by atoms with Crippen molar-refractivity contribution in [3.63, 3.8) is 0 Å². The van der Waals surface area contributed by atoms with Crippen molar-refractivity contribution in [2.24, 2.45) is 0 Å². The van der Waals surface area contributed by atoms with Gasteiger partial charge in [0.1, 0.15) is 36.1 Å². The molecule has 580 valence electrons. The van der Waals surface area contributed by atoms with Crippen LogP contribution in [0.1, 0.15) is 201 Å². The van der Waals surface area contributed by atoms with Gasteiger partial charge in [-0.3, -0.25) is 29.5 Å². The van der Waals surface area contributed by atoms with E-state index in [4.69, 9.17) is 40.4 Å². The van der Waals surface area contributed by atoms with Crippen LogP contribution >= 0.6 is 0 Å². The standard InChI is InChI=1S/C76H104N20O12/c1-5-35-105-61-49-27-25-28-50(61)40-54-44-58(84-70-88-66(78)86-68(90-70)82-34-24-20-16-12-10-14-18-22-32-80-60(98)48-96-75(103)93-72(100)94-76(96)104)46-56(64(54)108-38-8-4)42-52-30-26-29-51(62(52)106-36-6-2)41-55-45-57(43-53(39-49)63(55)107-37-7-3)83-69-87-65(77)85-67(89-69)81-33-23-19-15-11-9-13-17-21-31-79-59(97)47-95-73(101)91-71(99)92-74(95)102/h25-30,43-46H,5-24,31-42,47-48H2,1-4H3,(H,79,97)(H,80,98)(H2,91,92,99,101,102)(H2,93,94,100,103,104)(H4,77,81,83,85,87,89)(H4,78,82,84,86,88,90). The van der Waals surface area contributed by atoms with Crippen LogP contribution in [0.15, 0.2) is 89.4 Å². The molecule has 2 amide bonds. The van der Waals surface area contributed by atoms with E-state index in [0.29, 0.717) is 99.3 Å². The Hall–Kier alpha value is -11.3. The number of amides is 2. The number of aromatic nitrogens is 12. The first-order chi connectivity index (χ1) is 52.5. The maximum atomic E-state index is 12.3. The predicted octanol–water partition coefficient (Wildman–Crippen LogP) is 8.31. The molecule has 1 aliphatic rings. The number of hydrogen-bond acceptors (Lipinski definition) is 24. The number of benzene rings is 4. The summed E-state index contributed by atoms with van der Waals surface area (Å²) in [6.07, 6.45) is 20.3. The van der Waals surface area contributed by atoms with E-state index in [2.05, 4.69) is 140 Å². The summed E-state index contributed by atoms with van der Waals surface area (Å²) in [5.41, 5.74) is 16.2. The number of ether oxygens (including phenoxy) is 4. The number of anilines is 8. The van der Waals surface area contributed by atoms with E-state index >= 15 is 0 Å². The lowest BCUT2D eigenvalue weighted by molar-refractivity contribution is -0.122. The second-order valence-electron chi connectivity index (χ2n) is 26.9. The number of nitrogens with zero attached hydrogens (tertiary/aromatic N) is 8. The fourth-order valence-electron chi connectivity index (χ4n) is 12.8. The molecule has 0 atom stereocenters. The predicted molar refractivity (Wildman–Crippen MR) is 416 cm³/mol. The Labute approximate surface area is 625 Å². The summed E-state index contributed by atoms with van der Waals surface area (Å²) in [5.74, 6) is 3.50. The molecular formula is C76H104N20O12. The first kappa shape index (κ1) is 80.8. The van der Waals surface area contributed by atoms with Crippen molar-refractivity contribution in [3.8, 4) is 23.0 Å². The molecule has 1 aliphatic carbocycles. The van der Waals surface area contributed by atoms with Crippen molar-refractivity contribution in [2.45, 2.75) is 195 Å². The van der Waals surface area contributed by atoms with Crippen LogP contribution in [0.3, 0.4) is 0 Å². The van der Waals surface area contributed by atoms with Crippen LogP contribution < -0.4 is 96.5 Å². The van der Waals surface area contributed by atoms with Crippen molar-refractivity contribution in [1.29, 1.82) is 0 Å². The van der Waals surface area contributed by atoms with Crippen molar-refractivity contribution in [1.82, 2.24) is 69.6 Å². The molecule has 32 heteroatoms. The highest BCUT2D eigenvalue weighted by molar-refractivity contribution is 5.76. The van der Waals surface area contributed by atoms with Crippen molar-refractivity contribution < 1.29 is 28.5 Å². The topological polar surface area (TPSA) is 448 Å². The zero-order chi connectivity index (χ0) is 76.6. The molecule has 0 unspecified atom stereocenters. The fraction of sp³-hybridized carbons (Fsp3) is 0.500. The first-order valence-corrected chi connectivity index (χ1v) is 38.0. The molecule has 108 heavy (non-hydrogen) atoms. The van der Waals surface area contributed by atoms with Gasteiger partial charge in [0, 0.05) is 85.5 Å². The van der Waals surface area contributed by atoms with Crippen LogP contribution in [0.4, 0.5) is 47.1 Å². The van der Waals surface area contributed by atoms with Crippen LogP contribution in [-0.2, 0) is 48.4 Å². The van der Waals surface area contributed by atoms with Gasteiger partial charge in [-0.25, -0.2) is 37.9 Å². The summed E-state index contributed by atoms with van der Waals surface area (Å²) in [5, 5.41) is 19.2. The minimum atomic E-state index is -0.937. The summed E-state index contributed by atoms with van der Waals surface area (Å²) in [6.45, 7) is 11.4. The number of hydrogen-bond donors (Lipinski definition) is 12. The average molecular weight is 1490 g/mol. The molecule has 8 bridgehead atoms. The number of unbranched alkanes of at least 4 members (excludes halogenated alkanes) is 14. The van der Waals surface area contributed by atoms with E-state index in [1.165, 1.54) is 0 Å². The number of nitrogens with two attached hydrogens (primary N) is 2. The van der Waals surface area contributed by atoms with Crippen LogP contribution in [-0.4, -0.2) is 123 Å². The number of nitrogens with one attached hydrogen (secondary N) is 10. The molecule has 8 aromatic rings. The zero-order valence-corrected chi connectivity index (χ0v) is 62.4. The van der Waals surface area contributed by atoms with Crippen molar-refractivity contribution >= 4 is 58.9 Å². The van der Waals surface area contributed by atoms with Crippen LogP contribution in [0.25, 0.3) is 0 Å². The van der Waals surface area contributed by atoms with Gasteiger partial charge >= 0.3 is 34.1 Å². The van der Waals surface area contributed by atoms with Gasteiger partial charge in [-0.05, 0) is 97.9 Å². The molecule has 0 spiro atoms. The monoisotopic (exact) mass is 1490 g/mol. The number of nitrogen functional groups attached to an aromatic ring is 2. The maximum Gasteiger partial charge on any atom is 0.334 e. The third-order valence-corrected chi connectivity index (χ3v) is 17.9. The number of carbonyl (C=O) groups excluding carboxylic acids is 2. The molecule has 32 nitrogen and oxygen atoms in total. The molecule has 0 saturated carbocycles. The smallest absolute Gasteiger partial charge is 0.334 e. The summed E-state index contributed by atoms with van der Waals surface area (Å²) in [4.78, 5) is 130. The van der Waals surface area contributed by atoms with Crippen molar-refractivity contribution in [3.05, 3.63) is 168 Å². The molecule has 4 heterocycles. The summed E-state index contributed by atoms with van der Waals surface area (Å²) in [6, 6.07) is 21.0. The van der Waals surface area contributed by atoms with Gasteiger partial charge in [-0.15, -0.1) is 0 Å². The lowest BCUT2D eigenvalue weighted by Gasteiger charge is -2.24. The Morgan fingerprint density at radius 1 is 0.380 bits per heavy atom. The largest absolute Gasteiger partial charge is 0.493 e. The van der Waals surface area contributed by atoms with E-state index in [9.17, 15) is 38.4 Å². The lowest BCUT2D eigenvalue weighted by atomic mass is 9.90. The van der Waals surface area contributed by atoms with Gasteiger partial charge < -0.3 is 62.3 Å². The van der Waals surface area contributed by atoms with E-state index in [1.54, 1.807) is 0 Å². The molecule has 0 aliphatic heterocycles. The Morgan fingerprint density at radius 2 is 0.648 bits per heavy atom. The van der Waals surface area contributed by atoms with Gasteiger partial charge in [0.2, 0.25) is 47.5 Å². The molecule has 14 N–H and O–H groups in total. The number of H-pyrrole nitrogens is 4. The molecule has 0 saturated heterocycles. The highest BCUT2D eigenvalue weighted by Gasteiger charge is 2.25. The van der Waals surface area contributed by atoms with Gasteiger partial charge in [-0.2, -0.15) is 29.9 Å². The minimum absolute atomic E-state index is 0.0604. The molecule has 0 fully saturated rings. The second kappa shape index (κ2) is 42.1. The van der Waals surface area contributed by atoms with Gasteiger partial charge in [0.25, 0.3) is 0 Å². The lowest BCUT2D eigenvalue weighted by Crippen LogP contribution is -2.46. The normalized spacial score (nSPS) is 11.7. The Morgan fingerprint density at radius 3 is 0.944 bits per heavy atom. The third-order valence-electron chi connectivity index (χ3n) is 17.9. The zero-order valence-electron chi connectivity index (χ0n) is 62.4. The van der Waals surface area contributed by atoms with E-state index in [0.717, 1.165) is 207 Å². The molecular weight excluding hydrogens is 1380 g/mol. The second-order valence-corrected chi connectivity index (χ2v) is 26.9. The molecule has 0 radical (unpaired) electrons. The highest BCUT2D eigenvalue weighted by atomic mass is 16.5. The van der Waals surface area contributed by atoms with Crippen LogP contribution in [0.5, 0.6) is 23.0 Å². The number of rotatable bonds is 44. The Balaban J connectivity index is 0.873. The average Bonchev–Trinajstić information content (AvgIpc) is 0.777. The Kier molecular flexibility index (Phi) is 31.5. The summed E-state index contributed by atoms with van der Waals surface area (Å²) >= 11 is 0. The summed E-state index contributed by atoms with van der Waals surface area (Å²) < 4.78 is 28.8. The van der Waals surface area contributed by atoms with Gasteiger partial charge in [0.15, 0.2) is 0 Å². The molecule has 4 aromatic carbocycles. The summed E-state index contributed by atoms with van der Waals surface area (Å²) in [7, 11) is 0. The number of fused-ring (bicyclic) bond motifs is 8. The SMILES string of the molecule is CCCOc1c2cccc1Cc1cc(Nc3nc(N)nc(NCCCCCCCCCCNC(=O)Cn4c(=O)[nH]c(=O)[nH]c4=O)n3)cc(c1OCCC)Cc1cccc(c1OCCC)Cc1cc(Nc3nc(N)nc(NCCCCCCCCCCNC(=O)Cn4c(=O)[nH]c(=O)[nH]c4=O)n3)cc(c1OCCC)C2. The number of para-hydroxylation sites is 2. The van der Waals surface area contributed by atoms with Gasteiger partial charge in [-0.1, -0.05) is 141 Å². The third kappa shape index (κ3) is 24.9. The first-order valence-electron chi connectivity index (χ1n) is 38.0. The van der Waals surface area contributed by atoms with E-state index < -0.39 is 59.0 Å².